The number of amides is 2. The minimum atomic E-state index is -1.48. The summed E-state index contributed by atoms with van der Waals surface area (Å²) in [6, 6.07) is 1.86. The molecule has 0 saturated carbocycles. The Balaban J connectivity index is 1.60. The number of fused-ring (bicyclic) bond motifs is 2. The van der Waals surface area contributed by atoms with E-state index in [1.807, 2.05) is 23.8 Å². The molecule has 8 nitrogen and oxygen atoms in total. The van der Waals surface area contributed by atoms with E-state index in [0.717, 1.165) is 5.56 Å². The van der Waals surface area contributed by atoms with Crippen molar-refractivity contribution in [3.8, 4) is 0 Å². The fourth-order valence-corrected chi connectivity index (χ4v) is 4.72. The quantitative estimate of drug-likeness (QED) is 0.728. The van der Waals surface area contributed by atoms with E-state index in [9.17, 15) is 19.5 Å². The van der Waals surface area contributed by atoms with Gasteiger partial charge in [-0.3, -0.25) is 14.4 Å². The second kappa shape index (κ2) is 6.89. The number of piperazine rings is 1. The van der Waals surface area contributed by atoms with E-state index in [2.05, 4.69) is 5.32 Å². The van der Waals surface area contributed by atoms with Crippen LogP contribution in [0, 0.1) is 5.41 Å². The first-order chi connectivity index (χ1) is 13.3. The third-order valence-electron chi connectivity index (χ3n) is 5.74. The molecule has 2 amide bonds. The minimum Gasteiger partial charge on any atom is -0.503 e. The van der Waals surface area contributed by atoms with E-state index >= 15 is 0 Å². The maximum Gasteiger partial charge on any atom is 0.276 e. The van der Waals surface area contributed by atoms with Gasteiger partial charge in [-0.1, -0.05) is 0 Å². The van der Waals surface area contributed by atoms with Crippen molar-refractivity contribution in [1.29, 1.82) is 0 Å². The monoisotopic (exact) mass is 405 g/mol. The fourth-order valence-electron chi connectivity index (χ4n) is 4.05. The zero-order valence-electron chi connectivity index (χ0n) is 15.8. The van der Waals surface area contributed by atoms with Crippen LogP contribution in [0.4, 0.5) is 0 Å². The Hall–Kier alpha value is -2.39. The number of aliphatic hydroxyl groups is 1. The molecule has 2 saturated heterocycles. The molecule has 28 heavy (non-hydrogen) atoms. The Kier molecular flexibility index (Phi) is 4.67. The number of nitrogens with zero attached hydrogens (tertiary/aromatic N) is 2. The molecular weight excluding hydrogens is 382 g/mol. The summed E-state index contributed by atoms with van der Waals surface area (Å²) < 4.78 is 5.73. The molecule has 4 heterocycles. The average molecular weight is 405 g/mol. The van der Waals surface area contributed by atoms with Crippen LogP contribution in [0.15, 0.2) is 28.3 Å². The lowest BCUT2D eigenvalue weighted by Crippen LogP contribution is -2.66. The number of hydrogen-bond donors (Lipinski definition) is 2. The number of carbonyl (C=O) groups is 3. The first-order valence-corrected chi connectivity index (χ1v) is 10.2. The lowest BCUT2D eigenvalue weighted by atomic mass is 9.79. The molecule has 4 rings (SSSR count). The van der Waals surface area contributed by atoms with Gasteiger partial charge in [0.25, 0.3) is 5.91 Å². The van der Waals surface area contributed by atoms with E-state index in [4.69, 9.17) is 4.74 Å². The van der Waals surface area contributed by atoms with Crippen LogP contribution in [0.3, 0.4) is 0 Å². The highest BCUT2D eigenvalue weighted by Crippen LogP contribution is 2.37. The second-order valence-electron chi connectivity index (χ2n) is 7.73. The number of thiophene rings is 1. The highest BCUT2D eigenvalue weighted by atomic mass is 32.1. The summed E-state index contributed by atoms with van der Waals surface area (Å²) in [5.41, 5.74) is -0.562. The van der Waals surface area contributed by atoms with Crippen LogP contribution in [0.1, 0.15) is 25.8 Å². The number of allylic oxidation sites excluding steroid dienone is 1. The summed E-state index contributed by atoms with van der Waals surface area (Å²) in [5.74, 6) is -2.25. The van der Waals surface area contributed by atoms with Crippen LogP contribution in [-0.2, 0) is 25.7 Å². The number of nitrogens with one attached hydrogen (secondary N) is 1. The van der Waals surface area contributed by atoms with Crippen LogP contribution < -0.4 is 5.32 Å². The minimum absolute atomic E-state index is 0.0223. The Morgan fingerprint density at radius 1 is 1.46 bits per heavy atom. The molecule has 0 spiro atoms. The molecule has 0 bridgehead atoms. The molecule has 150 valence electrons. The summed E-state index contributed by atoms with van der Waals surface area (Å²) in [6.45, 7) is 4.62. The molecule has 2 N–H and O–H groups in total. The van der Waals surface area contributed by atoms with Gasteiger partial charge in [0.05, 0.1) is 13.2 Å². The van der Waals surface area contributed by atoms with Crippen molar-refractivity contribution in [3.05, 3.63) is 33.8 Å². The molecule has 3 aliphatic heterocycles. The summed E-state index contributed by atoms with van der Waals surface area (Å²) in [7, 11) is 0. The molecule has 2 unspecified atom stereocenters. The van der Waals surface area contributed by atoms with Crippen molar-refractivity contribution >= 4 is 28.9 Å². The number of hydrogen-bond acceptors (Lipinski definition) is 7. The van der Waals surface area contributed by atoms with Crippen molar-refractivity contribution in [2.75, 3.05) is 19.7 Å². The smallest absolute Gasteiger partial charge is 0.276 e. The number of ketones is 1. The van der Waals surface area contributed by atoms with E-state index < -0.39 is 35.0 Å². The molecule has 0 aliphatic carbocycles. The number of ether oxygens (including phenoxy) is 1. The maximum absolute atomic E-state index is 13.0. The molecule has 1 aromatic heterocycles. The normalized spacial score (nSPS) is 30.2. The van der Waals surface area contributed by atoms with Gasteiger partial charge >= 0.3 is 0 Å². The van der Waals surface area contributed by atoms with Crippen LogP contribution in [0.5, 0.6) is 0 Å². The number of rotatable bonds is 3. The summed E-state index contributed by atoms with van der Waals surface area (Å²) in [5, 5.41) is 17.2. The SMILES string of the molecule is C[C@@H]1CCOC2CN3CC(C)(C(=O)NCc4ccsc4)C(=O)C(O)=C3C(=O)N21. The Labute approximate surface area is 166 Å². The fraction of sp³-hybridized carbons (Fsp3) is 0.526. The maximum atomic E-state index is 13.0. The predicted molar refractivity (Wildman–Crippen MR) is 101 cm³/mol. The van der Waals surface area contributed by atoms with Crippen LogP contribution >= 0.6 is 11.3 Å². The van der Waals surface area contributed by atoms with Gasteiger partial charge in [0.15, 0.2) is 12.0 Å². The largest absolute Gasteiger partial charge is 0.503 e. The highest BCUT2D eigenvalue weighted by Gasteiger charge is 2.54. The van der Waals surface area contributed by atoms with E-state index in [1.54, 1.807) is 9.80 Å². The zero-order chi connectivity index (χ0) is 20.1. The zero-order valence-corrected chi connectivity index (χ0v) is 16.6. The van der Waals surface area contributed by atoms with Crippen LogP contribution in [0.2, 0.25) is 0 Å². The van der Waals surface area contributed by atoms with Gasteiger partial charge in [-0.25, -0.2) is 0 Å². The Morgan fingerprint density at radius 2 is 2.25 bits per heavy atom. The molecule has 1 aromatic rings. The number of aliphatic hydroxyl groups excluding tert-OH is 1. The highest BCUT2D eigenvalue weighted by molar-refractivity contribution is 7.07. The molecule has 2 fully saturated rings. The molecule has 0 radical (unpaired) electrons. The number of Topliss-reactive ketones (excluding diaryl/α,β-unsaturated/α-hetero) is 1. The van der Waals surface area contributed by atoms with Crippen LogP contribution in [-0.4, -0.2) is 64.5 Å². The molecule has 3 aliphatic rings. The van der Waals surface area contributed by atoms with Gasteiger partial charge in [0.2, 0.25) is 11.7 Å². The van der Waals surface area contributed by atoms with Gasteiger partial charge in [-0.15, -0.1) is 0 Å². The van der Waals surface area contributed by atoms with E-state index in [0.29, 0.717) is 26.1 Å². The summed E-state index contributed by atoms with van der Waals surface area (Å²) in [6.07, 6.45) is 0.256. The van der Waals surface area contributed by atoms with Gasteiger partial charge in [0.1, 0.15) is 11.1 Å². The molecule has 3 atom stereocenters. The third kappa shape index (κ3) is 2.89. The lowest BCUT2D eigenvalue weighted by Gasteiger charge is -2.50. The standard InChI is InChI=1S/C19H23N3O5S/c1-11-3-5-27-13-8-21-10-19(2,18(26)20-7-12-4-6-28-9-12)16(24)15(23)14(21)17(25)22(11)13/h4,6,9,11,13,23H,3,5,7-8,10H2,1-2H3,(H,20,26)/t11-,13?,19?/m1/s1. The number of carbonyl (C=O) groups excluding carboxylic acids is 3. The second-order valence-corrected chi connectivity index (χ2v) is 8.51. The first kappa shape index (κ1) is 18.9. The van der Waals surface area contributed by atoms with E-state index in [-0.39, 0.29) is 18.3 Å². The van der Waals surface area contributed by atoms with Gasteiger partial charge in [-0.05, 0) is 42.7 Å². The Morgan fingerprint density at radius 3 is 2.96 bits per heavy atom. The lowest BCUT2D eigenvalue weighted by molar-refractivity contribution is -0.177. The molecule has 9 heteroatoms. The molecular formula is C19H23N3O5S. The van der Waals surface area contributed by atoms with Gasteiger partial charge in [0, 0.05) is 19.1 Å². The van der Waals surface area contributed by atoms with Crippen molar-refractivity contribution in [3.63, 3.8) is 0 Å². The Bertz CT molecular complexity index is 852. The molecule has 0 aromatic carbocycles. The van der Waals surface area contributed by atoms with Gasteiger partial charge in [-0.2, -0.15) is 11.3 Å². The van der Waals surface area contributed by atoms with Crippen LogP contribution in [0.25, 0.3) is 0 Å². The van der Waals surface area contributed by atoms with Crippen molar-refractivity contribution < 1.29 is 24.2 Å². The topological polar surface area (TPSA) is 99.2 Å². The summed E-state index contributed by atoms with van der Waals surface area (Å²) >= 11 is 1.52. The van der Waals surface area contributed by atoms with Crippen molar-refractivity contribution in [1.82, 2.24) is 15.1 Å². The first-order valence-electron chi connectivity index (χ1n) is 9.29. The average Bonchev–Trinajstić information content (AvgIpc) is 3.17. The summed E-state index contributed by atoms with van der Waals surface area (Å²) in [4.78, 5) is 41.9. The van der Waals surface area contributed by atoms with E-state index in [1.165, 1.54) is 18.3 Å². The predicted octanol–water partition coefficient (Wildman–Crippen LogP) is 1.00. The third-order valence-corrected chi connectivity index (χ3v) is 6.47. The van der Waals surface area contributed by atoms with Crippen molar-refractivity contribution in [2.45, 2.75) is 39.1 Å². The van der Waals surface area contributed by atoms with Gasteiger partial charge < -0.3 is 25.0 Å². The van der Waals surface area contributed by atoms with Crippen molar-refractivity contribution in [2.24, 2.45) is 5.41 Å².